The first kappa shape index (κ1) is 11.7. The molecule has 0 aliphatic carbocycles. The lowest BCUT2D eigenvalue weighted by Crippen LogP contribution is -2.25. The van der Waals surface area contributed by atoms with Crippen LogP contribution in [0.15, 0.2) is 0 Å². The van der Waals surface area contributed by atoms with E-state index in [0.717, 1.165) is 0 Å². The summed E-state index contributed by atoms with van der Waals surface area (Å²) < 4.78 is 23.4. The average Bonchev–Trinajstić information content (AvgIpc) is 2.53. The molecular formula is C8H12O7. The molecule has 0 radical (unpaired) electrons. The normalized spacial score (nSPS) is 21.9. The smallest absolute Gasteiger partial charge is 0.426 e. The predicted molar refractivity (Wildman–Crippen MR) is 44.5 cm³/mol. The summed E-state index contributed by atoms with van der Waals surface area (Å²) in [4.78, 5) is 21.5. The molecule has 0 bridgehead atoms. The Bertz CT molecular complexity index is 233. The van der Waals surface area contributed by atoms with Crippen LogP contribution in [0.4, 0.5) is 4.79 Å². The average molecular weight is 220 g/mol. The zero-order valence-electron chi connectivity index (χ0n) is 8.43. The zero-order valence-corrected chi connectivity index (χ0v) is 8.43. The van der Waals surface area contributed by atoms with Crippen molar-refractivity contribution >= 4 is 12.1 Å². The van der Waals surface area contributed by atoms with Crippen molar-refractivity contribution in [1.82, 2.24) is 0 Å². The van der Waals surface area contributed by atoms with Gasteiger partial charge in [0.15, 0.2) is 6.79 Å². The second kappa shape index (κ2) is 5.52. The highest BCUT2D eigenvalue weighted by atomic mass is 16.9. The number of carbonyl (C=O) groups excluding carboxylic acids is 2. The summed E-state index contributed by atoms with van der Waals surface area (Å²) in [5.41, 5.74) is 0. The Labute approximate surface area is 86.2 Å². The van der Waals surface area contributed by atoms with E-state index in [1.165, 1.54) is 13.8 Å². The molecule has 0 aromatic rings. The largest absolute Gasteiger partial charge is 0.513 e. The standard InChI is InChI=1S/C8H12O7/c1-5(9)13-6(2)14-8(10)15-7-3-11-4-12-7/h6-7H,3-4H2,1-2H3. The van der Waals surface area contributed by atoms with Gasteiger partial charge in [0.05, 0.1) is 0 Å². The van der Waals surface area contributed by atoms with Crippen molar-refractivity contribution < 1.29 is 33.3 Å². The first-order chi connectivity index (χ1) is 7.08. The molecule has 0 aromatic heterocycles. The Morgan fingerprint density at radius 1 is 1.40 bits per heavy atom. The Morgan fingerprint density at radius 2 is 2.13 bits per heavy atom. The van der Waals surface area contributed by atoms with E-state index in [9.17, 15) is 9.59 Å². The van der Waals surface area contributed by atoms with Crippen LogP contribution in [0, 0.1) is 0 Å². The third-order valence-corrected chi connectivity index (χ3v) is 1.41. The number of hydrogen-bond donors (Lipinski definition) is 0. The van der Waals surface area contributed by atoms with Crippen molar-refractivity contribution in [2.45, 2.75) is 26.4 Å². The summed E-state index contributed by atoms with van der Waals surface area (Å²) in [6.45, 7) is 2.85. The molecule has 2 unspecified atom stereocenters. The Kier molecular flexibility index (Phi) is 4.32. The maximum atomic E-state index is 11.0. The number of ether oxygens (including phenoxy) is 5. The summed E-state index contributed by atoms with van der Waals surface area (Å²) in [5.74, 6) is -0.546. The van der Waals surface area contributed by atoms with Crippen molar-refractivity contribution in [3.05, 3.63) is 0 Å². The van der Waals surface area contributed by atoms with Crippen LogP contribution in [0.1, 0.15) is 13.8 Å². The zero-order chi connectivity index (χ0) is 11.3. The highest BCUT2D eigenvalue weighted by molar-refractivity contribution is 5.66. The van der Waals surface area contributed by atoms with Crippen LogP contribution in [0.25, 0.3) is 0 Å². The van der Waals surface area contributed by atoms with E-state index >= 15 is 0 Å². The molecule has 0 amide bonds. The van der Waals surface area contributed by atoms with Gasteiger partial charge in [-0.2, -0.15) is 0 Å². The highest BCUT2D eigenvalue weighted by Crippen LogP contribution is 2.07. The second-order valence-electron chi connectivity index (χ2n) is 2.75. The molecule has 15 heavy (non-hydrogen) atoms. The molecule has 1 aliphatic rings. The number of esters is 1. The van der Waals surface area contributed by atoms with E-state index in [1.54, 1.807) is 0 Å². The first-order valence-electron chi connectivity index (χ1n) is 4.32. The predicted octanol–water partition coefficient (Wildman–Crippen LogP) is 0.379. The monoisotopic (exact) mass is 220 g/mol. The Balaban J connectivity index is 2.19. The maximum Gasteiger partial charge on any atom is 0.513 e. The summed E-state index contributed by atoms with van der Waals surface area (Å²) in [7, 11) is 0. The topological polar surface area (TPSA) is 80.3 Å². The Morgan fingerprint density at radius 3 is 2.67 bits per heavy atom. The van der Waals surface area contributed by atoms with E-state index < -0.39 is 24.7 Å². The third kappa shape index (κ3) is 4.61. The van der Waals surface area contributed by atoms with Crippen molar-refractivity contribution in [3.8, 4) is 0 Å². The van der Waals surface area contributed by atoms with Crippen LogP contribution in [-0.2, 0) is 28.5 Å². The molecule has 7 heteroatoms. The van der Waals surface area contributed by atoms with Gasteiger partial charge in [-0.1, -0.05) is 0 Å². The summed E-state index contributed by atoms with van der Waals surface area (Å²) in [5, 5.41) is 0. The van der Waals surface area contributed by atoms with E-state index in [4.69, 9.17) is 9.47 Å². The van der Waals surface area contributed by atoms with Gasteiger partial charge in [0, 0.05) is 13.8 Å². The van der Waals surface area contributed by atoms with Gasteiger partial charge >= 0.3 is 12.1 Å². The molecule has 0 spiro atoms. The van der Waals surface area contributed by atoms with Crippen LogP contribution >= 0.6 is 0 Å². The van der Waals surface area contributed by atoms with Gasteiger partial charge in [0.2, 0.25) is 12.6 Å². The van der Waals surface area contributed by atoms with Crippen LogP contribution in [0.5, 0.6) is 0 Å². The molecule has 1 heterocycles. The number of carbonyl (C=O) groups is 2. The summed E-state index contributed by atoms with van der Waals surface area (Å²) in [6.07, 6.45) is -2.72. The third-order valence-electron chi connectivity index (χ3n) is 1.41. The van der Waals surface area contributed by atoms with Gasteiger partial charge < -0.3 is 23.7 Å². The van der Waals surface area contributed by atoms with Gasteiger partial charge in [-0.15, -0.1) is 0 Å². The lowest BCUT2D eigenvalue weighted by atomic mass is 10.7. The van der Waals surface area contributed by atoms with E-state index in [1.807, 2.05) is 0 Å². The quantitative estimate of drug-likeness (QED) is 0.502. The summed E-state index contributed by atoms with van der Waals surface area (Å²) in [6, 6.07) is 0. The number of hydrogen-bond acceptors (Lipinski definition) is 7. The van der Waals surface area contributed by atoms with Crippen LogP contribution in [-0.4, -0.2) is 38.1 Å². The fourth-order valence-electron chi connectivity index (χ4n) is 0.913. The van der Waals surface area contributed by atoms with Crippen molar-refractivity contribution in [3.63, 3.8) is 0 Å². The van der Waals surface area contributed by atoms with E-state index in [2.05, 4.69) is 14.2 Å². The molecule has 1 aliphatic heterocycles. The molecule has 1 saturated heterocycles. The Hall–Kier alpha value is -1.34. The van der Waals surface area contributed by atoms with E-state index in [-0.39, 0.29) is 13.4 Å². The molecule has 2 atom stereocenters. The van der Waals surface area contributed by atoms with Gasteiger partial charge in [-0.25, -0.2) is 4.79 Å². The second-order valence-corrected chi connectivity index (χ2v) is 2.75. The van der Waals surface area contributed by atoms with Crippen LogP contribution in [0.3, 0.4) is 0 Å². The van der Waals surface area contributed by atoms with Crippen LogP contribution < -0.4 is 0 Å². The minimum atomic E-state index is -0.989. The molecule has 86 valence electrons. The molecule has 0 aromatic carbocycles. The highest BCUT2D eigenvalue weighted by Gasteiger charge is 2.23. The molecule has 1 rings (SSSR count). The van der Waals surface area contributed by atoms with Crippen molar-refractivity contribution in [2.24, 2.45) is 0 Å². The molecular weight excluding hydrogens is 208 g/mol. The minimum absolute atomic E-state index is 0.0808. The molecule has 7 nitrogen and oxygen atoms in total. The van der Waals surface area contributed by atoms with Gasteiger partial charge in [-0.3, -0.25) is 4.79 Å². The fourth-order valence-corrected chi connectivity index (χ4v) is 0.913. The van der Waals surface area contributed by atoms with Gasteiger partial charge in [0.1, 0.15) is 6.61 Å². The van der Waals surface area contributed by atoms with Crippen molar-refractivity contribution in [2.75, 3.05) is 13.4 Å². The fraction of sp³-hybridized carbons (Fsp3) is 0.750. The number of rotatable bonds is 3. The van der Waals surface area contributed by atoms with Crippen LogP contribution in [0.2, 0.25) is 0 Å². The summed E-state index contributed by atoms with van der Waals surface area (Å²) >= 11 is 0. The van der Waals surface area contributed by atoms with Crippen molar-refractivity contribution in [1.29, 1.82) is 0 Å². The molecule has 0 saturated carbocycles. The first-order valence-corrected chi connectivity index (χ1v) is 4.32. The lowest BCUT2D eigenvalue weighted by Gasteiger charge is -2.14. The minimum Gasteiger partial charge on any atom is -0.426 e. The SMILES string of the molecule is CC(=O)OC(C)OC(=O)OC1COCO1. The molecule has 0 N–H and O–H groups in total. The van der Waals surface area contributed by atoms with Gasteiger partial charge in [0.25, 0.3) is 0 Å². The lowest BCUT2D eigenvalue weighted by molar-refractivity contribution is -0.170. The van der Waals surface area contributed by atoms with Gasteiger partial charge in [-0.05, 0) is 0 Å². The van der Waals surface area contributed by atoms with E-state index in [0.29, 0.717) is 0 Å². The maximum absolute atomic E-state index is 11.0. The molecule has 1 fully saturated rings.